The molecule has 1 rings (SSSR count). The number of nitro groups is 1. The van der Waals surface area contributed by atoms with Crippen LogP contribution in [0.4, 0.5) is 5.69 Å². The first kappa shape index (κ1) is 9.90. The first-order valence-electron chi connectivity index (χ1n) is 3.54. The van der Waals surface area contributed by atoms with Gasteiger partial charge in [0, 0.05) is 12.3 Å². The molecule has 1 N–H and O–H groups in total. The molecule has 0 aromatic carbocycles. The van der Waals surface area contributed by atoms with Gasteiger partial charge in [0.05, 0.1) is 4.92 Å². The van der Waals surface area contributed by atoms with Gasteiger partial charge >= 0.3 is 11.7 Å². The minimum atomic E-state index is -1.20. The van der Waals surface area contributed by atoms with E-state index in [1.54, 1.807) is 0 Å². The zero-order valence-electron chi connectivity index (χ0n) is 6.91. The standard InChI is InChI=1S/C7H6N2O5/c10-7(11)4-14-6-1-2-8-3-5(6)9(12)13/h1-3H,4H2,(H,10,11). The van der Waals surface area contributed by atoms with Crippen molar-refractivity contribution >= 4 is 11.7 Å². The van der Waals surface area contributed by atoms with E-state index in [1.165, 1.54) is 12.3 Å². The lowest BCUT2D eigenvalue weighted by atomic mass is 10.4. The SMILES string of the molecule is O=C(O)COc1ccncc1[N+](=O)[O-]. The number of nitrogens with zero attached hydrogens (tertiary/aromatic N) is 2. The maximum atomic E-state index is 10.4. The molecule has 0 unspecified atom stereocenters. The molecule has 1 aromatic heterocycles. The molecule has 14 heavy (non-hydrogen) atoms. The van der Waals surface area contributed by atoms with Crippen molar-refractivity contribution in [1.29, 1.82) is 0 Å². The van der Waals surface area contributed by atoms with E-state index in [4.69, 9.17) is 5.11 Å². The van der Waals surface area contributed by atoms with Gasteiger partial charge in [0.1, 0.15) is 6.20 Å². The van der Waals surface area contributed by atoms with E-state index in [9.17, 15) is 14.9 Å². The predicted octanol–water partition coefficient (Wildman–Crippen LogP) is 0.453. The van der Waals surface area contributed by atoms with Gasteiger partial charge in [-0.2, -0.15) is 0 Å². The van der Waals surface area contributed by atoms with Crippen LogP contribution in [0.5, 0.6) is 5.75 Å². The number of pyridine rings is 1. The van der Waals surface area contributed by atoms with Gasteiger partial charge in [-0.25, -0.2) is 4.79 Å². The van der Waals surface area contributed by atoms with Crippen LogP contribution in [0.15, 0.2) is 18.5 Å². The van der Waals surface area contributed by atoms with E-state index in [0.29, 0.717) is 0 Å². The summed E-state index contributed by atoms with van der Waals surface area (Å²) in [5.41, 5.74) is -0.353. The summed E-state index contributed by atoms with van der Waals surface area (Å²) in [4.78, 5) is 23.4. The third-order valence-electron chi connectivity index (χ3n) is 1.31. The normalized spacial score (nSPS) is 9.43. The molecule has 1 aromatic rings. The van der Waals surface area contributed by atoms with E-state index in [2.05, 4.69) is 9.72 Å². The second kappa shape index (κ2) is 4.17. The number of aliphatic carboxylic acids is 1. The number of aromatic nitrogens is 1. The summed E-state index contributed by atoms with van der Waals surface area (Å²) in [6.07, 6.45) is 2.28. The summed E-state index contributed by atoms with van der Waals surface area (Å²) in [6.45, 7) is -0.620. The van der Waals surface area contributed by atoms with E-state index in [-0.39, 0.29) is 11.4 Å². The quantitative estimate of drug-likeness (QED) is 0.556. The van der Waals surface area contributed by atoms with Gasteiger partial charge in [0.2, 0.25) is 5.75 Å². The molecule has 7 nitrogen and oxygen atoms in total. The molecule has 0 saturated heterocycles. The Labute approximate surface area is 78.1 Å². The number of rotatable bonds is 4. The Hall–Kier alpha value is -2.18. The van der Waals surface area contributed by atoms with Crippen molar-refractivity contribution in [1.82, 2.24) is 4.98 Å². The molecule has 0 saturated carbocycles. The molecule has 0 spiro atoms. The molecule has 0 atom stereocenters. The Morgan fingerprint density at radius 1 is 1.71 bits per heavy atom. The van der Waals surface area contributed by atoms with Crippen molar-refractivity contribution in [3.63, 3.8) is 0 Å². The van der Waals surface area contributed by atoms with Crippen molar-refractivity contribution in [3.05, 3.63) is 28.6 Å². The van der Waals surface area contributed by atoms with Crippen LogP contribution >= 0.6 is 0 Å². The van der Waals surface area contributed by atoms with Gasteiger partial charge in [-0.3, -0.25) is 15.1 Å². The average molecular weight is 198 g/mol. The maximum absolute atomic E-state index is 10.4. The van der Waals surface area contributed by atoms with Crippen LogP contribution < -0.4 is 4.74 Å². The highest BCUT2D eigenvalue weighted by atomic mass is 16.6. The second-order valence-corrected chi connectivity index (χ2v) is 2.28. The average Bonchev–Trinajstić information content (AvgIpc) is 2.15. The minimum Gasteiger partial charge on any atom is -0.479 e. The molecule has 0 fully saturated rings. The zero-order chi connectivity index (χ0) is 10.6. The number of carboxylic acid groups (broad SMARTS) is 1. The first-order valence-corrected chi connectivity index (χ1v) is 3.54. The molecule has 0 aliphatic carbocycles. The molecule has 0 aliphatic heterocycles. The van der Waals surface area contributed by atoms with Crippen LogP contribution in [0.2, 0.25) is 0 Å². The van der Waals surface area contributed by atoms with Crippen molar-refractivity contribution < 1.29 is 19.6 Å². The van der Waals surface area contributed by atoms with E-state index >= 15 is 0 Å². The van der Waals surface area contributed by atoms with Crippen molar-refractivity contribution in [2.75, 3.05) is 6.61 Å². The predicted molar refractivity (Wildman–Crippen MR) is 44.0 cm³/mol. The summed E-state index contributed by atoms with van der Waals surface area (Å²) in [7, 11) is 0. The van der Waals surface area contributed by atoms with Gasteiger partial charge in [-0.15, -0.1) is 0 Å². The molecule has 0 radical (unpaired) electrons. The first-order chi connectivity index (χ1) is 6.61. The molecular formula is C7H6N2O5. The number of ether oxygens (including phenoxy) is 1. The monoisotopic (exact) mass is 198 g/mol. The Bertz CT molecular complexity index is 365. The van der Waals surface area contributed by atoms with Crippen molar-refractivity contribution in [3.8, 4) is 5.75 Å². The Morgan fingerprint density at radius 3 is 3.00 bits per heavy atom. The topological polar surface area (TPSA) is 103 Å². The largest absolute Gasteiger partial charge is 0.479 e. The van der Waals surface area contributed by atoms with Gasteiger partial charge in [0.25, 0.3) is 0 Å². The van der Waals surface area contributed by atoms with Gasteiger partial charge < -0.3 is 9.84 Å². The molecule has 0 amide bonds. The lowest BCUT2D eigenvalue weighted by Gasteiger charge is -2.02. The molecular weight excluding hydrogens is 192 g/mol. The van der Waals surface area contributed by atoms with Gasteiger partial charge in [-0.05, 0) is 0 Å². The molecule has 0 bridgehead atoms. The summed E-state index contributed by atoms with van der Waals surface area (Å²) in [5.74, 6) is -1.30. The molecule has 1 heterocycles. The van der Waals surface area contributed by atoms with Crippen LogP contribution in [0.25, 0.3) is 0 Å². The number of carbonyl (C=O) groups is 1. The van der Waals surface area contributed by atoms with E-state index in [0.717, 1.165) is 6.20 Å². The maximum Gasteiger partial charge on any atom is 0.341 e. The highest BCUT2D eigenvalue weighted by molar-refractivity contribution is 5.68. The smallest absolute Gasteiger partial charge is 0.341 e. The summed E-state index contributed by atoms with van der Waals surface area (Å²) < 4.78 is 4.68. The number of carboxylic acids is 1. The Balaban J connectivity index is 2.84. The third-order valence-corrected chi connectivity index (χ3v) is 1.31. The fourth-order valence-electron chi connectivity index (χ4n) is 0.772. The fraction of sp³-hybridized carbons (Fsp3) is 0.143. The van der Waals surface area contributed by atoms with Gasteiger partial charge in [-0.1, -0.05) is 0 Å². The summed E-state index contributed by atoms with van der Waals surface area (Å²) in [6, 6.07) is 1.24. The highest BCUT2D eigenvalue weighted by Crippen LogP contribution is 2.24. The summed E-state index contributed by atoms with van der Waals surface area (Å²) in [5, 5.41) is 18.7. The zero-order valence-corrected chi connectivity index (χ0v) is 6.91. The van der Waals surface area contributed by atoms with Crippen LogP contribution in [-0.4, -0.2) is 27.6 Å². The van der Waals surface area contributed by atoms with Gasteiger partial charge in [0.15, 0.2) is 6.61 Å². The minimum absolute atomic E-state index is 0.104. The van der Waals surface area contributed by atoms with Crippen LogP contribution in [0.3, 0.4) is 0 Å². The lowest BCUT2D eigenvalue weighted by molar-refractivity contribution is -0.386. The van der Waals surface area contributed by atoms with Crippen LogP contribution in [0.1, 0.15) is 0 Å². The Kier molecular flexibility index (Phi) is 2.95. The Morgan fingerprint density at radius 2 is 2.43 bits per heavy atom. The van der Waals surface area contributed by atoms with E-state index in [1.807, 2.05) is 0 Å². The lowest BCUT2D eigenvalue weighted by Crippen LogP contribution is -2.10. The van der Waals surface area contributed by atoms with E-state index < -0.39 is 17.5 Å². The fourth-order valence-corrected chi connectivity index (χ4v) is 0.772. The third kappa shape index (κ3) is 2.41. The molecule has 0 aliphatic rings. The number of hydrogen-bond donors (Lipinski definition) is 1. The van der Waals surface area contributed by atoms with Crippen molar-refractivity contribution in [2.45, 2.75) is 0 Å². The number of hydrogen-bond acceptors (Lipinski definition) is 5. The second-order valence-electron chi connectivity index (χ2n) is 2.28. The van der Waals surface area contributed by atoms with Crippen LogP contribution in [-0.2, 0) is 4.79 Å². The van der Waals surface area contributed by atoms with Crippen LogP contribution in [0, 0.1) is 10.1 Å². The highest BCUT2D eigenvalue weighted by Gasteiger charge is 2.15. The molecule has 7 heteroatoms. The molecule has 74 valence electrons. The van der Waals surface area contributed by atoms with Crippen molar-refractivity contribution in [2.24, 2.45) is 0 Å². The summed E-state index contributed by atoms with van der Waals surface area (Å²) >= 11 is 0.